The molecule has 1 unspecified atom stereocenters. The van der Waals surface area contributed by atoms with Crippen LogP contribution in [0.15, 0.2) is 24.5 Å². The zero-order valence-electron chi connectivity index (χ0n) is 11.4. The monoisotopic (exact) mass is 252 g/mol. The van der Waals surface area contributed by atoms with Gasteiger partial charge in [0, 0.05) is 28.9 Å². The average Bonchev–Trinajstić information content (AvgIpc) is 2.29. The van der Waals surface area contributed by atoms with Gasteiger partial charge in [-0.05, 0) is 24.6 Å². The van der Waals surface area contributed by atoms with Gasteiger partial charge in [0.15, 0.2) is 0 Å². The van der Waals surface area contributed by atoms with Crippen LogP contribution >= 0.6 is 11.8 Å². The fraction of sp³-hybridized carbons (Fsp3) is 0.643. The summed E-state index contributed by atoms with van der Waals surface area (Å²) in [5, 5.41) is 3.60. The predicted octanol–water partition coefficient (Wildman–Crippen LogP) is 3.65. The highest BCUT2D eigenvalue weighted by Crippen LogP contribution is 2.28. The van der Waals surface area contributed by atoms with Crippen LogP contribution in [0.3, 0.4) is 0 Å². The van der Waals surface area contributed by atoms with Crippen molar-refractivity contribution in [2.24, 2.45) is 0 Å². The van der Waals surface area contributed by atoms with Crippen molar-refractivity contribution in [3.63, 3.8) is 0 Å². The van der Waals surface area contributed by atoms with E-state index in [2.05, 4.69) is 44.1 Å². The van der Waals surface area contributed by atoms with Crippen molar-refractivity contribution in [3.05, 3.63) is 30.1 Å². The summed E-state index contributed by atoms with van der Waals surface area (Å²) in [6.45, 7) is 10.0. The first-order valence-corrected chi connectivity index (χ1v) is 7.29. The van der Waals surface area contributed by atoms with Crippen LogP contribution in [0.4, 0.5) is 0 Å². The number of rotatable bonds is 6. The first kappa shape index (κ1) is 14.5. The van der Waals surface area contributed by atoms with Gasteiger partial charge in [0.05, 0.1) is 0 Å². The van der Waals surface area contributed by atoms with Crippen LogP contribution in [0.25, 0.3) is 0 Å². The normalized spacial score (nSPS) is 13.6. The zero-order chi connectivity index (χ0) is 12.7. The SMILES string of the molecule is CCCNC(CSC(C)(C)C)c1cccnc1. The molecule has 0 saturated carbocycles. The van der Waals surface area contributed by atoms with Crippen molar-refractivity contribution < 1.29 is 0 Å². The second kappa shape index (κ2) is 7.02. The van der Waals surface area contributed by atoms with Crippen LogP contribution in [0.5, 0.6) is 0 Å². The van der Waals surface area contributed by atoms with E-state index in [1.165, 1.54) is 5.56 Å². The van der Waals surface area contributed by atoms with Gasteiger partial charge in [0.2, 0.25) is 0 Å². The highest BCUT2D eigenvalue weighted by atomic mass is 32.2. The Morgan fingerprint density at radius 2 is 2.18 bits per heavy atom. The van der Waals surface area contributed by atoms with Crippen molar-refractivity contribution in [2.75, 3.05) is 12.3 Å². The smallest absolute Gasteiger partial charge is 0.0427 e. The van der Waals surface area contributed by atoms with E-state index in [-0.39, 0.29) is 0 Å². The molecule has 0 spiro atoms. The maximum Gasteiger partial charge on any atom is 0.0427 e. The van der Waals surface area contributed by atoms with E-state index in [1.54, 1.807) is 0 Å². The lowest BCUT2D eigenvalue weighted by molar-refractivity contribution is 0.574. The molecule has 0 radical (unpaired) electrons. The van der Waals surface area contributed by atoms with Gasteiger partial charge in [-0.15, -0.1) is 0 Å². The Morgan fingerprint density at radius 3 is 2.71 bits per heavy atom. The highest BCUT2D eigenvalue weighted by molar-refractivity contribution is 8.00. The van der Waals surface area contributed by atoms with Crippen LogP contribution in [0.1, 0.15) is 45.7 Å². The molecule has 1 heterocycles. The largest absolute Gasteiger partial charge is 0.309 e. The lowest BCUT2D eigenvalue weighted by atomic mass is 10.1. The van der Waals surface area contributed by atoms with Gasteiger partial charge < -0.3 is 5.32 Å². The number of hydrogen-bond acceptors (Lipinski definition) is 3. The van der Waals surface area contributed by atoms with Crippen molar-refractivity contribution in [2.45, 2.75) is 44.9 Å². The molecular weight excluding hydrogens is 228 g/mol. The topological polar surface area (TPSA) is 24.9 Å². The highest BCUT2D eigenvalue weighted by Gasteiger charge is 2.16. The fourth-order valence-corrected chi connectivity index (χ4v) is 2.48. The van der Waals surface area contributed by atoms with E-state index in [0.717, 1.165) is 18.7 Å². The van der Waals surface area contributed by atoms with Crippen molar-refractivity contribution in [1.82, 2.24) is 10.3 Å². The molecule has 1 aromatic rings. The number of hydrogen-bond donors (Lipinski definition) is 1. The molecular formula is C14H24N2S. The van der Waals surface area contributed by atoms with Crippen LogP contribution in [0.2, 0.25) is 0 Å². The molecule has 0 aromatic carbocycles. The fourth-order valence-electron chi connectivity index (χ4n) is 1.51. The zero-order valence-corrected chi connectivity index (χ0v) is 12.2. The third kappa shape index (κ3) is 6.08. The Kier molecular flexibility index (Phi) is 6.00. The van der Waals surface area contributed by atoms with E-state index >= 15 is 0 Å². The van der Waals surface area contributed by atoms with Gasteiger partial charge in [-0.2, -0.15) is 11.8 Å². The number of aromatic nitrogens is 1. The van der Waals surface area contributed by atoms with Crippen molar-refractivity contribution in [3.8, 4) is 0 Å². The summed E-state index contributed by atoms with van der Waals surface area (Å²) in [7, 11) is 0. The van der Waals surface area contributed by atoms with E-state index in [1.807, 2.05) is 30.2 Å². The number of thioether (sulfide) groups is 1. The lowest BCUT2D eigenvalue weighted by Gasteiger charge is -2.24. The third-order valence-corrected chi connectivity index (χ3v) is 3.78. The molecule has 0 bridgehead atoms. The Morgan fingerprint density at radius 1 is 1.41 bits per heavy atom. The Hall–Kier alpha value is -0.540. The van der Waals surface area contributed by atoms with Gasteiger partial charge >= 0.3 is 0 Å². The van der Waals surface area contributed by atoms with E-state index < -0.39 is 0 Å². The van der Waals surface area contributed by atoms with Crippen LogP contribution in [0, 0.1) is 0 Å². The molecule has 0 aliphatic heterocycles. The molecule has 0 aliphatic carbocycles. The molecule has 0 fully saturated rings. The van der Waals surface area contributed by atoms with Gasteiger partial charge in [0.25, 0.3) is 0 Å². The lowest BCUT2D eigenvalue weighted by Crippen LogP contribution is -2.26. The van der Waals surface area contributed by atoms with Gasteiger partial charge in [-0.25, -0.2) is 0 Å². The van der Waals surface area contributed by atoms with Gasteiger partial charge in [-0.3, -0.25) is 4.98 Å². The van der Waals surface area contributed by atoms with E-state index in [9.17, 15) is 0 Å². The summed E-state index contributed by atoms with van der Waals surface area (Å²) in [6.07, 6.45) is 4.96. The molecule has 0 aliphatic rings. The Labute approximate surface area is 110 Å². The molecule has 17 heavy (non-hydrogen) atoms. The molecule has 1 rings (SSSR count). The Bertz CT molecular complexity index is 306. The van der Waals surface area contributed by atoms with Gasteiger partial charge in [-0.1, -0.05) is 33.8 Å². The predicted molar refractivity (Wildman–Crippen MR) is 77.5 cm³/mol. The third-order valence-electron chi connectivity index (χ3n) is 2.41. The molecule has 2 nitrogen and oxygen atoms in total. The number of nitrogens with zero attached hydrogens (tertiary/aromatic N) is 1. The van der Waals surface area contributed by atoms with E-state index in [0.29, 0.717) is 10.8 Å². The van der Waals surface area contributed by atoms with Crippen molar-refractivity contribution >= 4 is 11.8 Å². The summed E-state index contributed by atoms with van der Waals surface area (Å²) in [4.78, 5) is 4.21. The number of nitrogens with one attached hydrogen (secondary N) is 1. The summed E-state index contributed by atoms with van der Waals surface area (Å²) < 4.78 is 0.314. The molecule has 1 aromatic heterocycles. The van der Waals surface area contributed by atoms with E-state index in [4.69, 9.17) is 0 Å². The molecule has 0 amide bonds. The summed E-state index contributed by atoms with van der Waals surface area (Å²) in [6, 6.07) is 4.58. The molecule has 0 saturated heterocycles. The maximum absolute atomic E-state index is 4.21. The molecule has 3 heteroatoms. The van der Waals surface area contributed by atoms with Crippen LogP contribution in [-0.4, -0.2) is 22.0 Å². The maximum atomic E-state index is 4.21. The quantitative estimate of drug-likeness (QED) is 0.836. The molecule has 1 N–H and O–H groups in total. The minimum Gasteiger partial charge on any atom is -0.309 e. The standard InChI is InChI=1S/C14H24N2S/c1-5-8-16-13(11-17-14(2,3)4)12-7-6-9-15-10-12/h6-7,9-10,13,16H,5,8,11H2,1-4H3. The summed E-state index contributed by atoms with van der Waals surface area (Å²) in [5.74, 6) is 1.09. The average molecular weight is 252 g/mol. The molecule has 1 atom stereocenters. The minimum atomic E-state index is 0.314. The second-order valence-electron chi connectivity index (χ2n) is 5.22. The molecule has 96 valence electrons. The minimum absolute atomic E-state index is 0.314. The van der Waals surface area contributed by atoms with Crippen LogP contribution < -0.4 is 5.32 Å². The Balaban J connectivity index is 2.61. The second-order valence-corrected chi connectivity index (χ2v) is 7.06. The van der Waals surface area contributed by atoms with Gasteiger partial charge in [0.1, 0.15) is 0 Å². The van der Waals surface area contributed by atoms with Crippen molar-refractivity contribution in [1.29, 1.82) is 0 Å². The first-order valence-electron chi connectivity index (χ1n) is 6.30. The van der Waals surface area contributed by atoms with Crippen LogP contribution in [-0.2, 0) is 0 Å². The summed E-state index contributed by atoms with van der Waals surface area (Å²) >= 11 is 2.00. The first-order chi connectivity index (χ1) is 8.03. The summed E-state index contributed by atoms with van der Waals surface area (Å²) in [5.41, 5.74) is 1.29. The number of pyridine rings is 1.